The number of aliphatic hydroxyl groups is 1. The van der Waals surface area contributed by atoms with Gasteiger partial charge in [0, 0.05) is 15.4 Å². The SMILES string of the molecule is CC(=NOC(=O)CCC(=O)O)C(=O)c1ccc(Sc2ccc(C(=O)OCCO)cc2)cc1. The number of hydrogen-bond donors (Lipinski definition) is 2. The molecule has 0 aliphatic carbocycles. The number of aliphatic hydroxyl groups excluding tert-OH is 1. The Morgan fingerprint density at radius 1 is 0.906 bits per heavy atom. The number of ether oxygens (including phenoxy) is 1. The van der Waals surface area contributed by atoms with E-state index in [4.69, 9.17) is 14.9 Å². The smallest absolute Gasteiger partial charge is 0.338 e. The molecule has 2 N–H and O–H groups in total. The third-order valence-corrected chi connectivity index (χ3v) is 4.94. The summed E-state index contributed by atoms with van der Waals surface area (Å²) >= 11 is 1.43. The number of oxime groups is 1. The predicted molar refractivity (Wildman–Crippen MR) is 115 cm³/mol. The fourth-order valence-electron chi connectivity index (χ4n) is 2.32. The molecule has 0 amide bonds. The number of rotatable bonds is 11. The van der Waals surface area contributed by atoms with E-state index in [2.05, 4.69) is 9.99 Å². The van der Waals surface area contributed by atoms with Crippen LogP contribution in [-0.2, 0) is 19.2 Å². The zero-order valence-electron chi connectivity index (χ0n) is 17.1. The Hall–Kier alpha value is -3.50. The first-order valence-corrected chi connectivity index (χ1v) is 10.3. The molecule has 2 aromatic carbocycles. The average molecular weight is 459 g/mol. The molecule has 0 heterocycles. The molecule has 0 saturated heterocycles. The van der Waals surface area contributed by atoms with Gasteiger partial charge in [-0.05, 0) is 55.5 Å². The molecule has 0 aliphatic heterocycles. The van der Waals surface area contributed by atoms with E-state index in [9.17, 15) is 19.2 Å². The Morgan fingerprint density at radius 2 is 1.47 bits per heavy atom. The van der Waals surface area contributed by atoms with Crippen molar-refractivity contribution in [1.29, 1.82) is 0 Å². The van der Waals surface area contributed by atoms with Gasteiger partial charge >= 0.3 is 17.9 Å². The average Bonchev–Trinajstić information content (AvgIpc) is 2.80. The molecule has 0 atom stereocenters. The van der Waals surface area contributed by atoms with E-state index in [-0.39, 0.29) is 31.8 Å². The Labute approximate surface area is 188 Å². The number of nitrogens with zero attached hydrogens (tertiary/aromatic N) is 1. The Kier molecular flexibility index (Phi) is 9.58. The number of carboxylic acids is 1. The first-order valence-electron chi connectivity index (χ1n) is 9.47. The normalized spacial score (nSPS) is 11.0. The number of carbonyl (C=O) groups excluding carboxylic acids is 3. The molecule has 32 heavy (non-hydrogen) atoms. The summed E-state index contributed by atoms with van der Waals surface area (Å²) in [7, 11) is 0. The summed E-state index contributed by atoms with van der Waals surface area (Å²) in [6.45, 7) is 1.10. The van der Waals surface area contributed by atoms with Crippen LogP contribution in [0, 0.1) is 0 Å². The van der Waals surface area contributed by atoms with Crippen LogP contribution in [0.1, 0.15) is 40.5 Å². The lowest BCUT2D eigenvalue weighted by Gasteiger charge is -2.06. The maximum absolute atomic E-state index is 12.4. The van der Waals surface area contributed by atoms with Crippen molar-refractivity contribution in [2.45, 2.75) is 29.6 Å². The summed E-state index contributed by atoms with van der Waals surface area (Å²) in [5, 5.41) is 20.7. The van der Waals surface area contributed by atoms with E-state index < -0.39 is 23.7 Å². The number of hydrogen-bond acceptors (Lipinski definition) is 9. The summed E-state index contributed by atoms with van der Waals surface area (Å²) in [5.41, 5.74) is 0.680. The fraction of sp³-hybridized carbons (Fsp3) is 0.227. The van der Waals surface area contributed by atoms with Gasteiger partial charge in [-0.2, -0.15) is 0 Å². The fourth-order valence-corrected chi connectivity index (χ4v) is 3.13. The Morgan fingerprint density at radius 3 is 2.00 bits per heavy atom. The zero-order valence-corrected chi connectivity index (χ0v) is 18.0. The number of Topliss-reactive ketones (excluding diaryl/α,β-unsaturated/α-hetero) is 1. The highest BCUT2D eigenvalue weighted by molar-refractivity contribution is 7.99. The highest BCUT2D eigenvalue weighted by Gasteiger charge is 2.13. The molecule has 0 saturated carbocycles. The van der Waals surface area contributed by atoms with Gasteiger partial charge in [-0.25, -0.2) is 9.59 Å². The van der Waals surface area contributed by atoms with E-state index >= 15 is 0 Å². The van der Waals surface area contributed by atoms with Crippen molar-refractivity contribution in [3.05, 3.63) is 59.7 Å². The summed E-state index contributed by atoms with van der Waals surface area (Å²) in [6, 6.07) is 13.5. The van der Waals surface area contributed by atoms with Gasteiger partial charge in [0.1, 0.15) is 12.3 Å². The van der Waals surface area contributed by atoms with E-state index in [1.807, 2.05) is 0 Å². The molecule has 0 bridgehead atoms. The zero-order chi connectivity index (χ0) is 23.5. The third-order valence-electron chi connectivity index (χ3n) is 3.92. The summed E-state index contributed by atoms with van der Waals surface area (Å²) in [4.78, 5) is 52.2. The molecule has 2 aromatic rings. The number of benzene rings is 2. The van der Waals surface area contributed by atoms with E-state index in [1.54, 1.807) is 48.5 Å². The number of aliphatic carboxylic acids is 1. The van der Waals surface area contributed by atoms with Crippen molar-refractivity contribution in [2.24, 2.45) is 5.16 Å². The molecule has 9 nitrogen and oxygen atoms in total. The monoisotopic (exact) mass is 459 g/mol. The van der Waals surface area contributed by atoms with Crippen molar-refractivity contribution >= 4 is 41.2 Å². The Bertz CT molecular complexity index is 1000. The van der Waals surface area contributed by atoms with Crippen LogP contribution in [0.25, 0.3) is 0 Å². The third kappa shape index (κ3) is 7.97. The van der Waals surface area contributed by atoms with Crippen LogP contribution in [0.15, 0.2) is 63.5 Å². The molecule has 10 heteroatoms. The second-order valence-electron chi connectivity index (χ2n) is 6.37. The van der Waals surface area contributed by atoms with Crippen LogP contribution >= 0.6 is 11.8 Å². The maximum Gasteiger partial charge on any atom is 0.338 e. The minimum Gasteiger partial charge on any atom is -0.481 e. The number of carbonyl (C=O) groups is 4. The number of ketones is 1. The topological polar surface area (TPSA) is 140 Å². The molecule has 0 fully saturated rings. The molecule has 2 rings (SSSR count). The predicted octanol–water partition coefficient (Wildman–Crippen LogP) is 2.95. The van der Waals surface area contributed by atoms with E-state index in [1.165, 1.54) is 18.7 Å². The van der Waals surface area contributed by atoms with Gasteiger partial charge in [-0.1, -0.05) is 16.9 Å². The lowest BCUT2D eigenvalue weighted by atomic mass is 10.1. The van der Waals surface area contributed by atoms with E-state index in [0.717, 1.165) is 9.79 Å². The lowest BCUT2D eigenvalue weighted by Crippen LogP contribution is -2.13. The van der Waals surface area contributed by atoms with Gasteiger partial charge in [0.05, 0.1) is 25.0 Å². The van der Waals surface area contributed by atoms with Crippen molar-refractivity contribution in [3.63, 3.8) is 0 Å². The van der Waals surface area contributed by atoms with Crippen LogP contribution in [-0.4, -0.2) is 52.8 Å². The van der Waals surface area contributed by atoms with Crippen molar-refractivity contribution in [3.8, 4) is 0 Å². The molecule has 0 aromatic heterocycles. The highest BCUT2D eigenvalue weighted by atomic mass is 32.2. The van der Waals surface area contributed by atoms with Crippen LogP contribution in [0.2, 0.25) is 0 Å². The minimum absolute atomic E-state index is 0.0437. The maximum atomic E-state index is 12.4. The summed E-state index contributed by atoms with van der Waals surface area (Å²) < 4.78 is 4.85. The summed E-state index contributed by atoms with van der Waals surface area (Å²) in [5.74, 6) is -2.91. The molecule has 0 radical (unpaired) electrons. The first kappa shape index (κ1) is 24.8. The Balaban J connectivity index is 1.94. The van der Waals surface area contributed by atoms with Gasteiger partial charge in [-0.15, -0.1) is 0 Å². The second-order valence-corrected chi connectivity index (χ2v) is 7.52. The van der Waals surface area contributed by atoms with Crippen molar-refractivity contribution < 1.29 is 39.0 Å². The quantitative estimate of drug-likeness (QED) is 0.171. The molecular weight excluding hydrogens is 438 g/mol. The first-order chi connectivity index (χ1) is 15.3. The lowest BCUT2D eigenvalue weighted by molar-refractivity contribution is -0.147. The molecule has 0 aliphatic rings. The largest absolute Gasteiger partial charge is 0.481 e. The molecule has 0 spiro atoms. The van der Waals surface area contributed by atoms with Crippen LogP contribution < -0.4 is 0 Å². The van der Waals surface area contributed by atoms with Crippen LogP contribution in [0.3, 0.4) is 0 Å². The van der Waals surface area contributed by atoms with Gasteiger partial charge < -0.3 is 19.8 Å². The van der Waals surface area contributed by atoms with E-state index in [0.29, 0.717) is 11.1 Å². The van der Waals surface area contributed by atoms with Gasteiger partial charge in [0.2, 0.25) is 5.78 Å². The molecule has 0 unspecified atom stereocenters. The highest BCUT2D eigenvalue weighted by Crippen LogP contribution is 2.28. The van der Waals surface area contributed by atoms with Crippen LogP contribution in [0.5, 0.6) is 0 Å². The van der Waals surface area contributed by atoms with Gasteiger partial charge in [-0.3, -0.25) is 9.59 Å². The van der Waals surface area contributed by atoms with Gasteiger partial charge in [0.15, 0.2) is 0 Å². The summed E-state index contributed by atoms with van der Waals surface area (Å²) in [6.07, 6.45) is -0.714. The van der Waals surface area contributed by atoms with Crippen molar-refractivity contribution in [2.75, 3.05) is 13.2 Å². The van der Waals surface area contributed by atoms with Crippen molar-refractivity contribution in [1.82, 2.24) is 0 Å². The molecular formula is C22H21NO8S. The second kappa shape index (κ2) is 12.4. The number of esters is 1. The molecule has 168 valence electrons. The number of carboxylic acid groups (broad SMARTS) is 1. The minimum atomic E-state index is -1.13. The van der Waals surface area contributed by atoms with Gasteiger partial charge in [0.25, 0.3) is 0 Å². The van der Waals surface area contributed by atoms with Crippen LogP contribution in [0.4, 0.5) is 0 Å². The standard InChI is InChI=1S/C22H21NO8S/c1-14(23-31-20(27)11-10-19(25)26)21(28)15-2-6-17(7-3-15)32-18-8-4-16(5-9-18)22(29)30-13-12-24/h2-9,24H,10-13H2,1H3,(H,25,26).